The summed E-state index contributed by atoms with van der Waals surface area (Å²) in [5.74, 6) is 0.846. The molecule has 5 heteroatoms. The van der Waals surface area contributed by atoms with Crippen molar-refractivity contribution >= 4 is 0 Å². The summed E-state index contributed by atoms with van der Waals surface area (Å²) >= 11 is 0. The summed E-state index contributed by atoms with van der Waals surface area (Å²) in [6, 6.07) is 11.0. The van der Waals surface area contributed by atoms with Crippen LogP contribution < -0.4 is 4.74 Å². The first-order valence-corrected chi connectivity index (χ1v) is 7.62. The van der Waals surface area contributed by atoms with Crippen LogP contribution in [0.2, 0.25) is 0 Å². The van der Waals surface area contributed by atoms with E-state index in [1.54, 1.807) is 16.8 Å². The zero-order valence-corrected chi connectivity index (χ0v) is 14.2. The van der Waals surface area contributed by atoms with Gasteiger partial charge in [-0.2, -0.15) is 5.10 Å². The third-order valence-electron chi connectivity index (χ3n) is 4.14. The molecular formula is C19H20N2O3. The monoisotopic (exact) mass is 324 g/mol. The quantitative estimate of drug-likeness (QED) is 0.769. The summed E-state index contributed by atoms with van der Waals surface area (Å²) in [6.07, 6.45) is 0. The molecule has 3 aromatic rings. The number of hydrogen-bond acceptors (Lipinski definition) is 4. The first-order chi connectivity index (χ1) is 11.4. The number of ether oxygens (including phenoxy) is 1. The molecule has 1 aromatic heterocycles. The molecule has 0 aliphatic rings. The number of aryl methyl sites for hydroxylation is 3. The maximum atomic E-state index is 9.94. The van der Waals surface area contributed by atoms with Gasteiger partial charge in [0, 0.05) is 18.2 Å². The Morgan fingerprint density at radius 2 is 1.62 bits per heavy atom. The molecule has 0 unspecified atom stereocenters. The summed E-state index contributed by atoms with van der Waals surface area (Å²) in [7, 11) is 3.40. The number of hydrogen-bond donors (Lipinski definition) is 2. The van der Waals surface area contributed by atoms with Crippen molar-refractivity contribution in [3.05, 3.63) is 47.5 Å². The van der Waals surface area contributed by atoms with E-state index in [-0.39, 0.29) is 5.75 Å². The Kier molecular flexibility index (Phi) is 3.93. The van der Waals surface area contributed by atoms with Crippen LogP contribution in [0.3, 0.4) is 0 Å². The molecule has 0 radical (unpaired) electrons. The fourth-order valence-electron chi connectivity index (χ4n) is 2.82. The van der Waals surface area contributed by atoms with Gasteiger partial charge in [0.25, 0.3) is 0 Å². The molecule has 2 aromatic carbocycles. The van der Waals surface area contributed by atoms with E-state index in [1.165, 1.54) is 7.11 Å². The van der Waals surface area contributed by atoms with Gasteiger partial charge < -0.3 is 14.9 Å². The highest BCUT2D eigenvalue weighted by molar-refractivity contribution is 5.72. The van der Waals surface area contributed by atoms with Crippen molar-refractivity contribution in [3.8, 4) is 39.8 Å². The highest BCUT2D eigenvalue weighted by Gasteiger charge is 2.13. The van der Waals surface area contributed by atoms with Gasteiger partial charge >= 0.3 is 0 Å². The first kappa shape index (κ1) is 15.9. The van der Waals surface area contributed by atoms with Crippen LogP contribution in [0.5, 0.6) is 17.2 Å². The summed E-state index contributed by atoms with van der Waals surface area (Å²) in [5.41, 5.74) is 5.23. The third kappa shape index (κ3) is 2.69. The molecule has 0 aliphatic heterocycles. The minimum atomic E-state index is 0.105. The van der Waals surface area contributed by atoms with Crippen molar-refractivity contribution < 1.29 is 14.9 Å². The van der Waals surface area contributed by atoms with E-state index in [9.17, 15) is 10.2 Å². The van der Waals surface area contributed by atoms with Gasteiger partial charge in [0.2, 0.25) is 0 Å². The van der Waals surface area contributed by atoms with Crippen LogP contribution >= 0.6 is 0 Å². The zero-order chi connectivity index (χ0) is 17.4. The number of phenols is 2. The lowest BCUT2D eigenvalue weighted by Gasteiger charge is -2.06. The van der Waals surface area contributed by atoms with E-state index >= 15 is 0 Å². The molecule has 0 bridgehead atoms. The SMILES string of the molecule is COc1cc(-c2cc(-c3cc(C)c(O)c(C)c3)nn2C)ccc1O. The van der Waals surface area contributed by atoms with Gasteiger partial charge in [-0.15, -0.1) is 0 Å². The second kappa shape index (κ2) is 5.92. The van der Waals surface area contributed by atoms with Crippen LogP contribution in [-0.4, -0.2) is 27.1 Å². The fraction of sp³-hybridized carbons (Fsp3) is 0.211. The van der Waals surface area contributed by atoms with Crippen molar-refractivity contribution in [1.82, 2.24) is 9.78 Å². The second-order valence-electron chi connectivity index (χ2n) is 5.88. The standard InChI is InChI=1S/C19H20N2O3/c1-11-7-14(8-12(2)19(11)23)15-10-16(21(3)20-15)13-5-6-17(22)18(9-13)24-4/h5-10,22-23H,1-4H3. The van der Waals surface area contributed by atoms with Gasteiger partial charge in [-0.05, 0) is 61.4 Å². The largest absolute Gasteiger partial charge is 0.507 e. The maximum absolute atomic E-state index is 9.94. The third-order valence-corrected chi connectivity index (χ3v) is 4.14. The van der Waals surface area contributed by atoms with Crippen LogP contribution in [0.15, 0.2) is 36.4 Å². The number of nitrogens with zero attached hydrogens (tertiary/aromatic N) is 2. The molecule has 124 valence electrons. The lowest BCUT2D eigenvalue weighted by molar-refractivity contribution is 0.373. The average Bonchev–Trinajstić information content (AvgIpc) is 2.94. The molecule has 0 saturated carbocycles. The summed E-state index contributed by atoms with van der Waals surface area (Å²) in [5, 5.41) is 24.3. The highest BCUT2D eigenvalue weighted by Crippen LogP contribution is 2.34. The van der Waals surface area contributed by atoms with Gasteiger partial charge in [-0.25, -0.2) is 0 Å². The van der Waals surface area contributed by atoms with Crippen molar-refractivity contribution in [1.29, 1.82) is 0 Å². The van der Waals surface area contributed by atoms with E-state index in [2.05, 4.69) is 5.10 Å². The molecule has 3 rings (SSSR count). The summed E-state index contributed by atoms with van der Waals surface area (Å²) in [6.45, 7) is 3.75. The number of benzene rings is 2. The van der Waals surface area contributed by atoms with E-state index in [0.717, 1.165) is 33.6 Å². The zero-order valence-electron chi connectivity index (χ0n) is 14.2. The molecule has 2 N–H and O–H groups in total. The Labute approximate surface area is 140 Å². The summed E-state index contributed by atoms with van der Waals surface area (Å²) < 4.78 is 6.97. The van der Waals surface area contributed by atoms with Crippen molar-refractivity contribution in [3.63, 3.8) is 0 Å². The van der Waals surface area contributed by atoms with Crippen LogP contribution in [0.25, 0.3) is 22.5 Å². The predicted octanol–water partition coefficient (Wildman–Crippen LogP) is 3.79. The van der Waals surface area contributed by atoms with Crippen molar-refractivity contribution in [2.45, 2.75) is 13.8 Å². The van der Waals surface area contributed by atoms with Gasteiger partial charge in [-0.3, -0.25) is 4.68 Å². The van der Waals surface area contributed by atoms with Crippen LogP contribution in [0.4, 0.5) is 0 Å². The van der Waals surface area contributed by atoms with E-state index < -0.39 is 0 Å². The number of phenolic OH excluding ortho intramolecular Hbond substituents is 2. The average molecular weight is 324 g/mol. The van der Waals surface area contributed by atoms with Crippen molar-refractivity contribution in [2.24, 2.45) is 7.05 Å². The van der Waals surface area contributed by atoms with Crippen LogP contribution in [0, 0.1) is 13.8 Å². The Balaban J connectivity index is 2.08. The Bertz CT molecular complexity index is 890. The minimum Gasteiger partial charge on any atom is -0.507 e. The molecule has 24 heavy (non-hydrogen) atoms. The molecule has 0 atom stereocenters. The predicted molar refractivity (Wildman–Crippen MR) is 93.4 cm³/mol. The molecular weight excluding hydrogens is 304 g/mol. The van der Waals surface area contributed by atoms with Crippen LogP contribution in [0.1, 0.15) is 11.1 Å². The molecule has 0 fully saturated rings. The Morgan fingerprint density at radius 3 is 2.25 bits per heavy atom. The lowest BCUT2D eigenvalue weighted by Crippen LogP contribution is -1.94. The van der Waals surface area contributed by atoms with E-state index in [1.807, 2.05) is 45.2 Å². The Hall–Kier alpha value is -2.95. The van der Waals surface area contributed by atoms with E-state index in [4.69, 9.17) is 4.74 Å². The van der Waals surface area contributed by atoms with Crippen LogP contribution in [-0.2, 0) is 7.05 Å². The normalized spacial score (nSPS) is 10.8. The topological polar surface area (TPSA) is 67.5 Å². The number of methoxy groups -OCH3 is 1. The van der Waals surface area contributed by atoms with Gasteiger partial charge in [0.05, 0.1) is 18.5 Å². The minimum absolute atomic E-state index is 0.105. The lowest BCUT2D eigenvalue weighted by atomic mass is 10.0. The molecule has 1 heterocycles. The molecule has 0 aliphatic carbocycles. The second-order valence-corrected chi connectivity index (χ2v) is 5.88. The number of aromatic nitrogens is 2. The number of aromatic hydroxyl groups is 2. The van der Waals surface area contributed by atoms with Gasteiger partial charge in [0.15, 0.2) is 11.5 Å². The fourth-order valence-corrected chi connectivity index (χ4v) is 2.82. The summed E-state index contributed by atoms with van der Waals surface area (Å²) in [4.78, 5) is 0. The van der Waals surface area contributed by atoms with E-state index in [0.29, 0.717) is 11.5 Å². The maximum Gasteiger partial charge on any atom is 0.161 e. The Morgan fingerprint density at radius 1 is 0.958 bits per heavy atom. The molecule has 0 saturated heterocycles. The highest BCUT2D eigenvalue weighted by atomic mass is 16.5. The first-order valence-electron chi connectivity index (χ1n) is 7.62. The van der Waals surface area contributed by atoms with Gasteiger partial charge in [0.1, 0.15) is 5.75 Å². The molecule has 0 amide bonds. The van der Waals surface area contributed by atoms with Crippen molar-refractivity contribution in [2.75, 3.05) is 7.11 Å². The van der Waals surface area contributed by atoms with Gasteiger partial charge in [-0.1, -0.05) is 0 Å². The number of rotatable bonds is 3. The molecule has 0 spiro atoms. The smallest absolute Gasteiger partial charge is 0.161 e. The molecule has 5 nitrogen and oxygen atoms in total.